The SMILES string of the molecule is Nc1cccnc1Oc1ccc2c(c1)CCC(=O)N2. The topological polar surface area (TPSA) is 77.2 Å². The van der Waals surface area contributed by atoms with E-state index < -0.39 is 0 Å². The third kappa shape index (κ3) is 2.35. The molecular formula is C14H13N3O2. The smallest absolute Gasteiger partial charge is 0.242 e. The number of nitrogens with zero attached hydrogens (tertiary/aromatic N) is 1. The molecule has 5 heteroatoms. The average Bonchev–Trinajstić information content (AvgIpc) is 2.41. The Kier molecular flexibility index (Phi) is 2.79. The molecule has 0 radical (unpaired) electrons. The second-order valence-electron chi connectivity index (χ2n) is 4.37. The van der Waals surface area contributed by atoms with Crippen LogP contribution in [0.3, 0.4) is 0 Å². The van der Waals surface area contributed by atoms with Gasteiger partial charge in [0, 0.05) is 18.3 Å². The van der Waals surface area contributed by atoms with Crippen LogP contribution in [0.4, 0.5) is 11.4 Å². The summed E-state index contributed by atoms with van der Waals surface area (Å²) in [5, 5.41) is 2.83. The minimum absolute atomic E-state index is 0.0511. The van der Waals surface area contributed by atoms with Gasteiger partial charge in [-0.2, -0.15) is 0 Å². The van der Waals surface area contributed by atoms with Gasteiger partial charge in [0.2, 0.25) is 11.8 Å². The summed E-state index contributed by atoms with van der Waals surface area (Å²) in [6.07, 6.45) is 2.85. The van der Waals surface area contributed by atoms with Gasteiger partial charge in [-0.25, -0.2) is 4.98 Å². The zero-order valence-electron chi connectivity index (χ0n) is 10.2. The molecule has 2 aromatic rings. The van der Waals surface area contributed by atoms with Gasteiger partial charge < -0.3 is 15.8 Å². The van der Waals surface area contributed by atoms with E-state index in [2.05, 4.69) is 10.3 Å². The fourth-order valence-corrected chi connectivity index (χ4v) is 2.02. The number of pyridine rings is 1. The quantitative estimate of drug-likeness (QED) is 0.863. The Hall–Kier alpha value is -2.56. The van der Waals surface area contributed by atoms with Crippen LogP contribution in [0.2, 0.25) is 0 Å². The van der Waals surface area contributed by atoms with Crippen molar-refractivity contribution >= 4 is 17.3 Å². The lowest BCUT2D eigenvalue weighted by Crippen LogP contribution is -2.18. The summed E-state index contributed by atoms with van der Waals surface area (Å²) in [4.78, 5) is 15.4. The van der Waals surface area contributed by atoms with Crippen molar-refractivity contribution in [1.82, 2.24) is 4.98 Å². The third-order valence-corrected chi connectivity index (χ3v) is 2.99. The van der Waals surface area contributed by atoms with Crippen molar-refractivity contribution in [2.45, 2.75) is 12.8 Å². The largest absolute Gasteiger partial charge is 0.437 e. The van der Waals surface area contributed by atoms with Crippen molar-refractivity contribution in [1.29, 1.82) is 0 Å². The van der Waals surface area contributed by atoms with E-state index in [0.717, 1.165) is 17.7 Å². The van der Waals surface area contributed by atoms with Crippen LogP contribution in [-0.4, -0.2) is 10.9 Å². The Morgan fingerprint density at radius 2 is 2.16 bits per heavy atom. The molecule has 1 aliphatic heterocycles. The lowest BCUT2D eigenvalue weighted by atomic mass is 10.0. The summed E-state index contributed by atoms with van der Waals surface area (Å²) in [6, 6.07) is 9.02. The first-order valence-corrected chi connectivity index (χ1v) is 6.03. The first kappa shape index (κ1) is 11.5. The highest BCUT2D eigenvalue weighted by Crippen LogP contribution is 2.30. The number of amides is 1. The predicted molar refractivity (Wildman–Crippen MR) is 72.1 cm³/mol. The number of rotatable bonds is 2. The molecule has 3 rings (SSSR count). The summed E-state index contributed by atoms with van der Waals surface area (Å²) < 4.78 is 5.65. The number of ether oxygens (including phenoxy) is 1. The standard InChI is InChI=1S/C14H13N3O2/c15-11-2-1-7-16-14(11)19-10-4-5-12-9(8-10)3-6-13(18)17-12/h1-2,4-5,7-8H,3,6,15H2,(H,17,18). The molecule has 0 atom stereocenters. The van der Waals surface area contributed by atoms with E-state index >= 15 is 0 Å². The Balaban J connectivity index is 1.87. The monoisotopic (exact) mass is 255 g/mol. The van der Waals surface area contributed by atoms with Crippen LogP contribution in [-0.2, 0) is 11.2 Å². The van der Waals surface area contributed by atoms with Crippen molar-refractivity contribution in [2.24, 2.45) is 0 Å². The van der Waals surface area contributed by atoms with Crippen molar-refractivity contribution in [3.05, 3.63) is 42.1 Å². The van der Waals surface area contributed by atoms with Crippen LogP contribution >= 0.6 is 0 Å². The van der Waals surface area contributed by atoms with Crippen molar-refractivity contribution in [3.63, 3.8) is 0 Å². The number of aryl methyl sites for hydroxylation is 1. The number of nitrogen functional groups attached to an aromatic ring is 1. The molecule has 1 aromatic heterocycles. The molecule has 1 aliphatic rings. The number of anilines is 2. The molecule has 1 aromatic carbocycles. The minimum Gasteiger partial charge on any atom is -0.437 e. The molecule has 96 valence electrons. The molecule has 3 N–H and O–H groups in total. The average molecular weight is 255 g/mol. The fourth-order valence-electron chi connectivity index (χ4n) is 2.02. The number of carbonyl (C=O) groups excluding carboxylic acids is 1. The molecule has 2 heterocycles. The Labute approximate surface area is 110 Å². The van der Waals surface area contributed by atoms with Gasteiger partial charge in [0.1, 0.15) is 5.75 Å². The number of carbonyl (C=O) groups is 1. The van der Waals surface area contributed by atoms with Crippen molar-refractivity contribution in [3.8, 4) is 11.6 Å². The van der Waals surface area contributed by atoms with E-state index in [1.807, 2.05) is 12.1 Å². The van der Waals surface area contributed by atoms with Gasteiger partial charge in [-0.05, 0) is 42.3 Å². The Morgan fingerprint density at radius 1 is 1.26 bits per heavy atom. The highest BCUT2D eigenvalue weighted by atomic mass is 16.5. The number of hydrogen-bond donors (Lipinski definition) is 2. The Morgan fingerprint density at radius 3 is 3.00 bits per heavy atom. The third-order valence-electron chi connectivity index (χ3n) is 2.99. The molecule has 5 nitrogen and oxygen atoms in total. The van der Waals surface area contributed by atoms with Gasteiger partial charge in [0.25, 0.3) is 0 Å². The molecule has 0 spiro atoms. The lowest BCUT2D eigenvalue weighted by molar-refractivity contribution is -0.116. The number of nitrogens with one attached hydrogen (secondary N) is 1. The second kappa shape index (κ2) is 4.61. The predicted octanol–water partition coefficient (Wildman–Crippen LogP) is 2.34. The van der Waals surface area contributed by atoms with E-state index in [9.17, 15) is 4.79 Å². The Bertz CT molecular complexity index is 640. The normalized spacial score (nSPS) is 13.6. The fraction of sp³-hybridized carbons (Fsp3) is 0.143. The molecule has 0 unspecified atom stereocenters. The van der Waals surface area contributed by atoms with Crippen LogP contribution in [0.5, 0.6) is 11.6 Å². The molecule has 0 saturated heterocycles. The molecule has 0 fully saturated rings. The summed E-state index contributed by atoms with van der Waals surface area (Å²) >= 11 is 0. The minimum atomic E-state index is 0.0511. The second-order valence-corrected chi connectivity index (χ2v) is 4.37. The molecule has 19 heavy (non-hydrogen) atoms. The molecule has 0 saturated carbocycles. The first-order valence-electron chi connectivity index (χ1n) is 6.03. The van der Waals surface area contributed by atoms with Crippen molar-refractivity contribution in [2.75, 3.05) is 11.1 Å². The van der Waals surface area contributed by atoms with Gasteiger partial charge in [-0.1, -0.05) is 0 Å². The molecule has 0 aliphatic carbocycles. The summed E-state index contributed by atoms with van der Waals surface area (Å²) in [7, 11) is 0. The highest BCUT2D eigenvalue weighted by Gasteiger charge is 2.15. The van der Waals surface area contributed by atoms with Gasteiger partial charge in [0.05, 0.1) is 5.69 Å². The van der Waals surface area contributed by atoms with E-state index in [-0.39, 0.29) is 5.91 Å². The molecule has 1 amide bonds. The summed E-state index contributed by atoms with van der Waals surface area (Å²) in [5.74, 6) is 1.11. The van der Waals surface area contributed by atoms with Crippen LogP contribution < -0.4 is 15.8 Å². The number of hydrogen-bond acceptors (Lipinski definition) is 4. The van der Waals surface area contributed by atoms with E-state index in [4.69, 9.17) is 10.5 Å². The zero-order valence-corrected chi connectivity index (χ0v) is 10.2. The first-order chi connectivity index (χ1) is 9.22. The van der Waals surface area contributed by atoms with Crippen LogP contribution in [0.25, 0.3) is 0 Å². The van der Waals surface area contributed by atoms with Crippen LogP contribution in [0.1, 0.15) is 12.0 Å². The number of benzene rings is 1. The maximum absolute atomic E-state index is 11.3. The van der Waals surface area contributed by atoms with E-state index in [0.29, 0.717) is 23.7 Å². The molecular weight excluding hydrogens is 242 g/mol. The summed E-state index contributed by atoms with van der Waals surface area (Å²) in [6.45, 7) is 0. The van der Waals surface area contributed by atoms with E-state index in [1.165, 1.54) is 0 Å². The van der Waals surface area contributed by atoms with Gasteiger partial charge in [-0.3, -0.25) is 4.79 Å². The number of fused-ring (bicyclic) bond motifs is 1. The number of aromatic nitrogens is 1. The molecule has 0 bridgehead atoms. The van der Waals surface area contributed by atoms with E-state index in [1.54, 1.807) is 24.4 Å². The van der Waals surface area contributed by atoms with Gasteiger partial charge >= 0.3 is 0 Å². The van der Waals surface area contributed by atoms with Crippen LogP contribution in [0.15, 0.2) is 36.5 Å². The maximum Gasteiger partial charge on any atom is 0.242 e. The highest BCUT2D eigenvalue weighted by molar-refractivity contribution is 5.94. The zero-order chi connectivity index (χ0) is 13.2. The van der Waals surface area contributed by atoms with Crippen LogP contribution in [0, 0.1) is 0 Å². The summed E-state index contributed by atoms with van der Waals surface area (Å²) in [5.41, 5.74) is 8.18. The maximum atomic E-state index is 11.3. The number of nitrogens with two attached hydrogens (primary N) is 1. The van der Waals surface area contributed by atoms with Gasteiger partial charge in [-0.15, -0.1) is 0 Å². The van der Waals surface area contributed by atoms with Crippen molar-refractivity contribution < 1.29 is 9.53 Å². The van der Waals surface area contributed by atoms with Gasteiger partial charge in [0.15, 0.2) is 0 Å². The lowest BCUT2D eigenvalue weighted by Gasteiger charge is -2.17.